The lowest BCUT2D eigenvalue weighted by Crippen LogP contribution is -2.27. The lowest BCUT2D eigenvalue weighted by molar-refractivity contribution is -0.123. The molecule has 0 aromatic heterocycles. The van der Waals surface area contributed by atoms with Crippen molar-refractivity contribution in [2.24, 2.45) is 10.9 Å². The SMILES string of the molecule is C=C(Cl)C(NC(=O)COC)=C(Cl)N=CC(C)C. The molecular formula is C11H16Cl2N2O2. The molecule has 0 aromatic rings. The summed E-state index contributed by atoms with van der Waals surface area (Å²) >= 11 is 11.6. The van der Waals surface area contributed by atoms with Gasteiger partial charge in [-0.2, -0.15) is 0 Å². The molecule has 0 saturated carbocycles. The molecule has 0 rings (SSSR count). The number of nitrogens with one attached hydrogen (secondary N) is 1. The number of halogens is 2. The van der Waals surface area contributed by atoms with Gasteiger partial charge in [-0.1, -0.05) is 43.6 Å². The fraction of sp³-hybridized carbons (Fsp3) is 0.455. The molecule has 6 heteroatoms. The predicted molar refractivity (Wildman–Crippen MR) is 71.2 cm³/mol. The van der Waals surface area contributed by atoms with E-state index < -0.39 is 0 Å². The zero-order chi connectivity index (χ0) is 13.4. The first-order valence-corrected chi connectivity index (χ1v) is 5.71. The lowest BCUT2D eigenvalue weighted by Gasteiger charge is -2.08. The maximum absolute atomic E-state index is 11.3. The largest absolute Gasteiger partial charge is 0.375 e. The summed E-state index contributed by atoms with van der Waals surface area (Å²) in [6, 6.07) is 0. The Kier molecular flexibility index (Phi) is 7.87. The van der Waals surface area contributed by atoms with Gasteiger partial charge in [0.15, 0.2) is 5.16 Å². The number of carbonyl (C=O) groups excluding carboxylic acids is 1. The smallest absolute Gasteiger partial charge is 0.250 e. The van der Waals surface area contributed by atoms with Crippen molar-refractivity contribution >= 4 is 35.3 Å². The number of nitrogens with zero attached hydrogens (tertiary/aromatic N) is 1. The van der Waals surface area contributed by atoms with Crippen molar-refractivity contribution in [1.82, 2.24) is 5.32 Å². The maximum atomic E-state index is 11.3. The van der Waals surface area contributed by atoms with E-state index in [1.807, 2.05) is 13.8 Å². The topological polar surface area (TPSA) is 50.7 Å². The number of ether oxygens (including phenoxy) is 1. The fourth-order valence-corrected chi connectivity index (χ4v) is 1.22. The minimum Gasteiger partial charge on any atom is -0.375 e. The molecule has 0 aliphatic rings. The highest BCUT2D eigenvalue weighted by Gasteiger charge is 2.10. The molecule has 0 radical (unpaired) electrons. The second-order valence-electron chi connectivity index (χ2n) is 3.57. The second kappa shape index (κ2) is 8.28. The summed E-state index contributed by atoms with van der Waals surface area (Å²) in [5.41, 5.74) is 0.187. The number of hydrogen-bond donors (Lipinski definition) is 1. The average Bonchev–Trinajstić information content (AvgIpc) is 2.22. The van der Waals surface area contributed by atoms with Gasteiger partial charge >= 0.3 is 0 Å². The van der Waals surface area contributed by atoms with Crippen molar-refractivity contribution in [2.45, 2.75) is 13.8 Å². The molecule has 0 fully saturated rings. The van der Waals surface area contributed by atoms with E-state index in [-0.39, 0.29) is 34.3 Å². The molecule has 0 aromatic carbocycles. The van der Waals surface area contributed by atoms with Crippen LogP contribution in [-0.2, 0) is 9.53 Å². The van der Waals surface area contributed by atoms with Gasteiger partial charge in [-0.05, 0) is 5.92 Å². The highest BCUT2D eigenvalue weighted by Crippen LogP contribution is 2.18. The highest BCUT2D eigenvalue weighted by molar-refractivity contribution is 6.35. The molecule has 1 N–H and O–H groups in total. The third-order valence-electron chi connectivity index (χ3n) is 1.50. The van der Waals surface area contributed by atoms with E-state index in [4.69, 9.17) is 23.2 Å². The number of carbonyl (C=O) groups is 1. The standard InChI is InChI=1S/C11H16Cl2N2O2/c1-7(2)5-14-11(13)10(8(3)12)15-9(16)6-17-4/h5,7H,3,6H2,1-2,4H3,(H,15,16). The molecular weight excluding hydrogens is 263 g/mol. The van der Waals surface area contributed by atoms with E-state index in [1.165, 1.54) is 7.11 Å². The van der Waals surface area contributed by atoms with Crippen molar-refractivity contribution in [3.63, 3.8) is 0 Å². The van der Waals surface area contributed by atoms with Gasteiger partial charge in [0.25, 0.3) is 0 Å². The van der Waals surface area contributed by atoms with Crippen molar-refractivity contribution in [3.05, 3.63) is 22.5 Å². The highest BCUT2D eigenvalue weighted by atomic mass is 35.5. The zero-order valence-electron chi connectivity index (χ0n) is 10.1. The van der Waals surface area contributed by atoms with Crippen LogP contribution in [0.3, 0.4) is 0 Å². The van der Waals surface area contributed by atoms with Gasteiger partial charge in [-0.25, -0.2) is 4.99 Å². The second-order valence-corrected chi connectivity index (χ2v) is 4.39. The number of amides is 1. The molecule has 0 heterocycles. The molecule has 0 saturated heterocycles. The zero-order valence-corrected chi connectivity index (χ0v) is 11.6. The summed E-state index contributed by atoms with van der Waals surface area (Å²) in [6.07, 6.45) is 1.64. The minimum absolute atomic E-state index is 0.0863. The monoisotopic (exact) mass is 278 g/mol. The summed E-state index contributed by atoms with van der Waals surface area (Å²) in [4.78, 5) is 15.3. The van der Waals surface area contributed by atoms with E-state index in [9.17, 15) is 4.79 Å². The van der Waals surface area contributed by atoms with Gasteiger partial charge in [0.05, 0.1) is 10.7 Å². The summed E-state index contributed by atoms with van der Waals surface area (Å²) in [5, 5.41) is 2.68. The normalized spacial score (nSPS) is 12.8. The van der Waals surface area contributed by atoms with Crippen LogP contribution in [0.25, 0.3) is 0 Å². The first-order valence-electron chi connectivity index (χ1n) is 4.96. The summed E-state index contributed by atoms with van der Waals surface area (Å²) in [6.45, 7) is 7.32. The Morgan fingerprint density at radius 2 is 2.12 bits per heavy atom. The number of hydrogen-bond acceptors (Lipinski definition) is 3. The van der Waals surface area contributed by atoms with Crippen LogP contribution in [0.1, 0.15) is 13.8 Å². The van der Waals surface area contributed by atoms with E-state index in [0.717, 1.165) is 0 Å². The van der Waals surface area contributed by atoms with Crippen LogP contribution < -0.4 is 5.32 Å². The Hall–Kier alpha value is -0.840. The molecule has 0 atom stereocenters. The fourth-order valence-electron chi connectivity index (χ4n) is 0.817. The minimum atomic E-state index is -0.373. The van der Waals surface area contributed by atoms with E-state index in [2.05, 4.69) is 21.6 Å². The van der Waals surface area contributed by atoms with Gasteiger partial charge < -0.3 is 10.1 Å². The number of rotatable bonds is 6. The van der Waals surface area contributed by atoms with Gasteiger partial charge in [0, 0.05) is 13.3 Å². The van der Waals surface area contributed by atoms with Crippen LogP contribution >= 0.6 is 23.2 Å². The Morgan fingerprint density at radius 1 is 1.53 bits per heavy atom. The maximum Gasteiger partial charge on any atom is 0.250 e. The van der Waals surface area contributed by atoms with Gasteiger partial charge in [0.2, 0.25) is 5.91 Å². The van der Waals surface area contributed by atoms with Crippen LogP contribution in [0, 0.1) is 5.92 Å². The van der Waals surface area contributed by atoms with Crippen LogP contribution in [0.15, 0.2) is 27.5 Å². The Bertz CT molecular complexity index is 349. The molecule has 0 aliphatic carbocycles. The van der Waals surface area contributed by atoms with Gasteiger partial charge in [0.1, 0.15) is 6.61 Å². The Balaban J connectivity index is 4.88. The summed E-state index contributed by atoms with van der Waals surface area (Å²) in [7, 11) is 1.41. The number of aliphatic imine (C=N–C) groups is 1. The first-order chi connectivity index (χ1) is 7.88. The number of allylic oxidation sites excluding steroid dienone is 1. The van der Waals surface area contributed by atoms with Gasteiger partial charge in [-0.3, -0.25) is 4.79 Å². The molecule has 17 heavy (non-hydrogen) atoms. The molecule has 0 aliphatic heterocycles. The van der Waals surface area contributed by atoms with E-state index in [1.54, 1.807) is 6.21 Å². The van der Waals surface area contributed by atoms with Crippen LogP contribution in [0.5, 0.6) is 0 Å². The van der Waals surface area contributed by atoms with Gasteiger partial charge in [-0.15, -0.1) is 0 Å². The molecule has 0 spiro atoms. The Labute approximate surface area is 111 Å². The Morgan fingerprint density at radius 3 is 2.53 bits per heavy atom. The predicted octanol–water partition coefficient (Wildman–Crippen LogP) is 2.64. The first kappa shape index (κ1) is 16.2. The average molecular weight is 279 g/mol. The van der Waals surface area contributed by atoms with Crippen molar-refractivity contribution in [2.75, 3.05) is 13.7 Å². The van der Waals surface area contributed by atoms with E-state index in [0.29, 0.717) is 0 Å². The summed E-state index contributed by atoms with van der Waals surface area (Å²) in [5.74, 6) is -0.134. The molecule has 96 valence electrons. The summed E-state index contributed by atoms with van der Waals surface area (Å²) < 4.78 is 4.67. The lowest BCUT2D eigenvalue weighted by atomic mass is 10.2. The van der Waals surface area contributed by atoms with Crippen molar-refractivity contribution in [1.29, 1.82) is 0 Å². The quantitative estimate of drug-likeness (QED) is 0.461. The van der Waals surface area contributed by atoms with Crippen molar-refractivity contribution < 1.29 is 9.53 Å². The number of methoxy groups -OCH3 is 1. The molecule has 0 bridgehead atoms. The van der Waals surface area contributed by atoms with Crippen LogP contribution in [0.2, 0.25) is 0 Å². The molecule has 4 nitrogen and oxygen atoms in total. The van der Waals surface area contributed by atoms with E-state index >= 15 is 0 Å². The molecule has 1 amide bonds. The third-order valence-corrected chi connectivity index (χ3v) is 1.98. The molecule has 0 unspecified atom stereocenters. The van der Waals surface area contributed by atoms with Crippen LogP contribution in [0.4, 0.5) is 0 Å². The third kappa shape index (κ3) is 7.15. The van der Waals surface area contributed by atoms with Crippen molar-refractivity contribution in [3.8, 4) is 0 Å². The van der Waals surface area contributed by atoms with Crippen LogP contribution in [-0.4, -0.2) is 25.8 Å².